The maximum atomic E-state index is 6.15. The van der Waals surface area contributed by atoms with Gasteiger partial charge in [0.2, 0.25) is 5.69 Å². The van der Waals surface area contributed by atoms with Gasteiger partial charge < -0.3 is 4.74 Å². The monoisotopic (exact) mass is 324 g/mol. The third kappa shape index (κ3) is 3.07. The molecule has 2 heterocycles. The molecule has 0 bridgehead atoms. The van der Waals surface area contributed by atoms with E-state index in [0.717, 1.165) is 12.4 Å². The summed E-state index contributed by atoms with van der Waals surface area (Å²) in [5, 5.41) is 0. The first-order valence-corrected chi connectivity index (χ1v) is 9.36. The van der Waals surface area contributed by atoms with Crippen molar-refractivity contribution in [3.63, 3.8) is 0 Å². The van der Waals surface area contributed by atoms with Crippen molar-refractivity contribution in [2.75, 3.05) is 6.61 Å². The molecule has 2 aromatic rings. The van der Waals surface area contributed by atoms with Crippen LogP contribution in [-0.2, 0) is 5.54 Å². The van der Waals surface area contributed by atoms with Gasteiger partial charge >= 0.3 is 0 Å². The van der Waals surface area contributed by atoms with Crippen molar-refractivity contribution >= 4 is 0 Å². The minimum absolute atomic E-state index is 0.00244. The molecule has 1 atom stereocenters. The Morgan fingerprint density at radius 3 is 2.67 bits per heavy atom. The van der Waals surface area contributed by atoms with E-state index in [9.17, 15) is 0 Å². The average Bonchev–Trinajstić information content (AvgIpc) is 2.83. The molecule has 1 aliphatic rings. The molecule has 2 heteroatoms. The minimum atomic E-state index is -0.00244. The molecule has 1 aromatic carbocycles. The van der Waals surface area contributed by atoms with Gasteiger partial charge in [-0.05, 0) is 18.4 Å². The molecule has 2 nitrogen and oxygen atoms in total. The SMILES string of the molecule is CCCCC(CC)COc1cc[n+]2c(c1)-c1ccccc1C2(C)C. The summed E-state index contributed by atoms with van der Waals surface area (Å²) in [5.41, 5.74) is 3.97. The van der Waals surface area contributed by atoms with Crippen LogP contribution in [0.2, 0.25) is 0 Å². The van der Waals surface area contributed by atoms with Gasteiger partial charge in [0.1, 0.15) is 5.75 Å². The molecule has 0 spiro atoms. The van der Waals surface area contributed by atoms with Crippen molar-refractivity contribution in [3.05, 3.63) is 48.2 Å². The Bertz CT molecular complexity index is 705. The molecule has 0 N–H and O–H groups in total. The number of aromatic nitrogens is 1. The second-order valence-corrected chi connectivity index (χ2v) is 7.45. The zero-order valence-corrected chi connectivity index (χ0v) is 15.5. The summed E-state index contributed by atoms with van der Waals surface area (Å²) in [6, 6.07) is 13.0. The van der Waals surface area contributed by atoms with Gasteiger partial charge in [-0.15, -0.1) is 0 Å². The number of rotatable bonds is 7. The number of pyridine rings is 1. The molecule has 1 aromatic heterocycles. The van der Waals surface area contributed by atoms with E-state index in [2.05, 4.69) is 74.9 Å². The van der Waals surface area contributed by atoms with E-state index < -0.39 is 0 Å². The number of fused-ring (bicyclic) bond motifs is 3. The molecule has 3 rings (SSSR count). The van der Waals surface area contributed by atoms with Gasteiger partial charge in [0.15, 0.2) is 11.7 Å². The summed E-state index contributed by atoms with van der Waals surface area (Å²) in [6.45, 7) is 9.90. The van der Waals surface area contributed by atoms with Crippen molar-refractivity contribution in [3.8, 4) is 17.0 Å². The fraction of sp³-hybridized carbons (Fsp3) is 0.500. The second-order valence-electron chi connectivity index (χ2n) is 7.45. The highest BCUT2D eigenvalue weighted by Gasteiger charge is 2.43. The summed E-state index contributed by atoms with van der Waals surface area (Å²) < 4.78 is 8.51. The van der Waals surface area contributed by atoms with Crippen LogP contribution >= 0.6 is 0 Å². The van der Waals surface area contributed by atoms with Gasteiger partial charge in [-0.1, -0.05) is 51.3 Å². The minimum Gasteiger partial charge on any atom is -0.493 e. The van der Waals surface area contributed by atoms with Gasteiger partial charge in [-0.2, -0.15) is 4.57 Å². The molecule has 1 aliphatic heterocycles. The maximum Gasteiger partial charge on any atom is 0.217 e. The standard InChI is InChI=1S/C22H30NO/c1-5-7-10-17(6-2)16-24-18-13-14-23-21(15-18)19-11-8-9-12-20(19)22(23,3)4/h8-9,11-15,17H,5-7,10,16H2,1-4H3/q+1. The highest BCUT2D eigenvalue weighted by Crippen LogP contribution is 2.38. The van der Waals surface area contributed by atoms with Crippen molar-refractivity contribution in [1.29, 1.82) is 0 Å². The lowest BCUT2D eigenvalue weighted by molar-refractivity contribution is -0.731. The molecule has 0 saturated carbocycles. The highest BCUT2D eigenvalue weighted by molar-refractivity contribution is 5.66. The third-order valence-electron chi connectivity index (χ3n) is 5.42. The number of hydrogen-bond acceptors (Lipinski definition) is 1. The van der Waals surface area contributed by atoms with Crippen LogP contribution in [0.15, 0.2) is 42.6 Å². The third-order valence-corrected chi connectivity index (χ3v) is 5.42. The molecule has 0 amide bonds. The predicted octanol–water partition coefficient (Wildman–Crippen LogP) is 5.33. The lowest BCUT2D eigenvalue weighted by atomic mass is 9.93. The summed E-state index contributed by atoms with van der Waals surface area (Å²) in [7, 11) is 0. The molecule has 1 unspecified atom stereocenters. The zero-order chi connectivity index (χ0) is 17.2. The summed E-state index contributed by atoms with van der Waals surface area (Å²) >= 11 is 0. The first-order valence-electron chi connectivity index (χ1n) is 9.36. The summed E-state index contributed by atoms with van der Waals surface area (Å²) in [6.07, 6.45) is 7.19. The largest absolute Gasteiger partial charge is 0.493 e. The van der Waals surface area contributed by atoms with E-state index >= 15 is 0 Å². The quantitative estimate of drug-likeness (QED) is 0.627. The Morgan fingerprint density at radius 1 is 1.12 bits per heavy atom. The molecule has 0 radical (unpaired) electrons. The van der Waals surface area contributed by atoms with Crippen LogP contribution in [0.25, 0.3) is 11.3 Å². The molecule has 0 saturated heterocycles. The average molecular weight is 324 g/mol. The number of benzene rings is 1. The Hall–Kier alpha value is -1.83. The first kappa shape index (κ1) is 17.0. The Morgan fingerprint density at radius 2 is 1.92 bits per heavy atom. The molecule has 128 valence electrons. The van der Waals surface area contributed by atoms with E-state index in [1.54, 1.807) is 0 Å². The van der Waals surface area contributed by atoms with Crippen LogP contribution in [0.5, 0.6) is 5.75 Å². The number of unbranched alkanes of at least 4 members (excludes halogenated alkanes) is 1. The van der Waals surface area contributed by atoms with Crippen LogP contribution in [0.3, 0.4) is 0 Å². The van der Waals surface area contributed by atoms with E-state index in [4.69, 9.17) is 4.74 Å². The number of nitrogens with zero attached hydrogens (tertiary/aromatic N) is 1. The molecule has 24 heavy (non-hydrogen) atoms. The van der Waals surface area contributed by atoms with Gasteiger partial charge in [0, 0.05) is 25.5 Å². The normalized spacial score (nSPS) is 15.7. The van der Waals surface area contributed by atoms with Crippen molar-refractivity contribution < 1.29 is 9.30 Å². The number of ether oxygens (including phenoxy) is 1. The molecule has 0 fully saturated rings. The topological polar surface area (TPSA) is 13.1 Å². The second kappa shape index (κ2) is 6.96. The van der Waals surface area contributed by atoms with Crippen molar-refractivity contribution in [2.24, 2.45) is 5.92 Å². The van der Waals surface area contributed by atoms with Crippen LogP contribution in [0.1, 0.15) is 58.9 Å². The fourth-order valence-corrected chi connectivity index (χ4v) is 3.75. The maximum absolute atomic E-state index is 6.15. The summed E-state index contributed by atoms with van der Waals surface area (Å²) in [5.74, 6) is 1.65. The molecule has 0 aliphatic carbocycles. The van der Waals surface area contributed by atoms with Crippen LogP contribution in [0, 0.1) is 5.92 Å². The Labute approximate surface area is 146 Å². The highest BCUT2D eigenvalue weighted by atomic mass is 16.5. The summed E-state index contributed by atoms with van der Waals surface area (Å²) in [4.78, 5) is 0. The van der Waals surface area contributed by atoms with Gasteiger partial charge in [-0.3, -0.25) is 0 Å². The van der Waals surface area contributed by atoms with E-state index in [0.29, 0.717) is 5.92 Å². The lowest BCUT2D eigenvalue weighted by Crippen LogP contribution is -2.50. The van der Waals surface area contributed by atoms with E-state index in [-0.39, 0.29) is 5.54 Å². The van der Waals surface area contributed by atoms with Crippen LogP contribution in [0.4, 0.5) is 0 Å². The molecular weight excluding hydrogens is 294 g/mol. The fourth-order valence-electron chi connectivity index (χ4n) is 3.75. The van der Waals surface area contributed by atoms with Crippen molar-refractivity contribution in [2.45, 2.75) is 58.9 Å². The van der Waals surface area contributed by atoms with Gasteiger partial charge in [0.05, 0.1) is 18.2 Å². The zero-order valence-electron chi connectivity index (χ0n) is 15.5. The predicted molar refractivity (Wildman–Crippen MR) is 99.3 cm³/mol. The first-order chi connectivity index (χ1) is 11.6. The van der Waals surface area contributed by atoms with E-state index in [1.165, 1.54) is 42.5 Å². The number of hydrogen-bond donors (Lipinski definition) is 0. The van der Waals surface area contributed by atoms with Crippen LogP contribution < -0.4 is 9.30 Å². The Kier molecular flexibility index (Phi) is 4.93. The smallest absolute Gasteiger partial charge is 0.217 e. The van der Waals surface area contributed by atoms with Crippen molar-refractivity contribution in [1.82, 2.24) is 0 Å². The van der Waals surface area contributed by atoms with Gasteiger partial charge in [0.25, 0.3) is 0 Å². The van der Waals surface area contributed by atoms with Gasteiger partial charge in [-0.25, -0.2) is 0 Å². The lowest BCUT2D eigenvalue weighted by Gasteiger charge is -2.16. The Balaban J connectivity index is 1.81. The molecular formula is C22H30NO+. The van der Waals surface area contributed by atoms with E-state index in [1.807, 2.05) is 0 Å². The van der Waals surface area contributed by atoms with Crippen LogP contribution in [-0.4, -0.2) is 6.61 Å².